The molecule has 0 aliphatic rings. The van der Waals surface area contributed by atoms with Crippen molar-refractivity contribution in [3.8, 4) is 0 Å². The normalized spacial score (nSPS) is 13.0. The Morgan fingerprint density at radius 3 is 2.93 bits per heavy atom. The zero-order chi connectivity index (χ0) is 11.1. The van der Waals surface area contributed by atoms with Gasteiger partial charge in [0, 0.05) is 6.04 Å². The third-order valence-electron chi connectivity index (χ3n) is 2.48. The van der Waals surface area contributed by atoms with E-state index >= 15 is 0 Å². The van der Waals surface area contributed by atoms with Crippen LogP contribution in [0.3, 0.4) is 0 Å². The van der Waals surface area contributed by atoms with Crippen LogP contribution in [0.25, 0.3) is 0 Å². The Morgan fingerprint density at radius 2 is 2.33 bits per heavy atom. The largest absolute Gasteiger partial charge is 0.468 e. The Bertz CT molecular complexity index is 272. The van der Waals surface area contributed by atoms with Gasteiger partial charge in [0.05, 0.1) is 12.8 Å². The summed E-state index contributed by atoms with van der Waals surface area (Å²) in [5.41, 5.74) is 1.23. The molecule has 1 heterocycles. The fourth-order valence-electron chi connectivity index (χ4n) is 1.36. The van der Waals surface area contributed by atoms with E-state index in [1.54, 1.807) is 6.26 Å². The van der Waals surface area contributed by atoms with Gasteiger partial charge in [-0.2, -0.15) is 11.8 Å². The summed E-state index contributed by atoms with van der Waals surface area (Å²) in [4.78, 5) is 0. The van der Waals surface area contributed by atoms with Gasteiger partial charge < -0.3 is 9.73 Å². The average molecular weight is 227 g/mol. The lowest BCUT2D eigenvalue weighted by Gasteiger charge is -2.12. The van der Waals surface area contributed by atoms with E-state index in [9.17, 15) is 0 Å². The van der Waals surface area contributed by atoms with Crippen LogP contribution >= 0.6 is 11.8 Å². The minimum atomic E-state index is 0.563. The second kappa shape index (κ2) is 6.96. The van der Waals surface area contributed by atoms with Gasteiger partial charge in [0.15, 0.2) is 0 Å². The topological polar surface area (TPSA) is 25.2 Å². The summed E-state index contributed by atoms with van der Waals surface area (Å²) in [6.07, 6.45) is 2.97. The Hall–Kier alpha value is -0.410. The van der Waals surface area contributed by atoms with Crippen molar-refractivity contribution >= 4 is 11.8 Å². The van der Waals surface area contributed by atoms with Gasteiger partial charge in [0.25, 0.3) is 0 Å². The summed E-state index contributed by atoms with van der Waals surface area (Å²) in [5, 5.41) is 3.48. The van der Waals surface area contributed by atoms with E-state index in [2.05, 4.69) is 26.1 Å². The van der Waals surface area contributed by atoms with Crippen molar-refractivity contribution in [2.75, 3.05) is 11.5 Å². The van der Waals surface area contributed by atoms with E-state index in [1.165, 1.54) is 23.5 Å². The van der Waals surface area contributed by atoms with Crippen molar-refractivity contribution in [3.05, 3.63) is 23.7 Å². The first-order chi connectivity index (χ1) is 7.24. The van der Waals surface area contributed by atoms with Crippen LogP contribution in [0.1, 0.15) is 31.6 Å². The predicted molar refractivity (Wildman–Crippen MR) is 67.4 cm³/mol. The van der Waals surface area contributed by atoms with E-state index in [4.69, 9.17) is 4.42 Å². The molecule has 0 radical (unpaired) electrons. The monoisotopic (exact) mass is 227 g/mol. The molecule has 1 unspecified atom stereocenters. The molecular weight excluding hydrogens is 206 g/mol. The van der Waals surface area contributed by atoms with E-state index < -0.39 is 0 Å². The van der Waals surface area contributed by atoms with Crippen molar-refractivity contribution in [2.45, 2.75) is 39.8 Å². The second-order valence-electron chi connectivity index (χ2n) is 3.79. The van der Waals surface area contributed by atoms with Crippen LogP contribution in [0.2, 0.25) is 0 Å². The molecule has 15 heavy (non-hydrogen) atoms. The van der Waals surface area contributed by atoms with Crippen LogP contribution in [-0.4, -0.2) is 17.5 Å². The highest BCUT2D eigenvalue weighted by Gasteiger charge is 2.04. The van der Waals surface area contributed by atoms with Crippen molar-refractivity contribution < 1.29 is 4.42 Å². The molecule has 0 bridgehead atoms. The SMILES string of the molecule is CCSCCC(C)NCc1occc1C. The maximum Gasteiger partial charge on any atom is 0.120 e. The van der Waals surface area contributed by atoms with E-state index in [1.807, 2.05) is 17.8 Å². The van der Waals surface area contributed by atoms with Crippen LogP contribution in [-0.2, 0) is 6.54 Å². The summed E-state index contributed by atoms with van der Waals surface area (Å²) < 4.78 is 5.37. The summed E-state index contributed by atoms with van der Waals surface area (Å²) in [6.45, 7) is 7.36. The lowest BCUT2D eigenvalue weighted by Crippen LogP contribution is -2.26. The van der Waals surface area contributed by atoms with Gasteiger partial charge in [0.1, 0.15) is 5.76 Å². The van der Waals surface area contributed by atoms with Crippen LogP contribution < -0.4 is 5.32 Å². The number of hydrogen-bond donors (Lipinski definition) is 1. The van der Waals surface area contributed by atoms with Crippen LogP contribution in [0, 0.1) is 6.92 Å². The van der Waals surface area contributed by atoms with Gasteiger partial charge in [-0.05, 0) is 43.4 Å². The predicted octanol–water partition coefficient (Wildman–Crippen LogP) is 3.21. The Labute approximate surface area is 96.8 Å². The van der Waals surface area contributed by atoms with Gasteiger partial charge in [-0.25, -0.2) is 0 Å². The second-order valence-corrected chi connectivity index (χ2v) is 5.19. The average Bonchev–Trinajstić information content (AvgIpc) is 2.61. The smallest absolute Gasteiger partial charge is 0.120 e. The molecule has 1 rings (SSSR count). The third-order valence-corrected chi connectivity index (χ3v) is 3.41. The minimum absolute atomic E-state index is 0.563. The molecule has 1 atom stereocenters. The lowest BCUT2D eigenvalue weighted by atomic mass is 10.2. The van der Waals surface area contributed by atoms with E-state index in [-0.39, 0.29) is 0 Å². The van der Waals surface area contributed by atoms with Gasteiger partial charge in [-0.15, -0.1) is 0 Å². The van der Waals surface area contributed by atoms with Crippen molar-refractivity contribution in [1.29, 1.82) is 0 Å². The summed E-state index contributed by atoms with van der Waals surface area (Å²) in [5.74, 6) is 3.51. The standard InChI is InChI=1S/C12H21NOS/c1-4-15-8-6-11(3)13-9-12-10(2)5-7-14-12/h5,7,11,13H,4,6,8-9H2,1-3H3. The van der Waals surface area contributed by atoms with Crippen molar-refractivity contribution in [2.24, 2.45) is 0 Å². The third kappa shape index (κ3) is 4.76. The van der Waals surface area contributed by atoms with Gasteiger partial charge >= 0.3 is 0 Å². The number of nitrogens with one attached hydrogen (secondary N) is 1. The maximum absolute atomic E-state index is 5.37. The Morgan fingerprint density at radius 1 is 1.53 bits per heavy atom. The van der Waals surface area contributed by atoms with Crippen LogP contribution in [0.15, 0.2) is 16.7 Å². The molecule has 3 heteroatoms. The summed E-state index contributed by atoms with van der Waals surface area (Å²) in [7, 11) is 0. The van der Waals surface area contributed by atoms with Crippen molar-refractivity contribution in [1.82, 2.24) is 5.32 Å². The Balaban J connectivity index is 2.16. The molecule has 2 nitrogen and oxygen atoms in total. The minimum Gasteiger partial charge on any atom is -0.468 e. The fraction of sp³-hybridized carbons (Fsp3) is 0.667. The van der Waals surface area contributed by atoms with Crippen molar-refractivity contribution in [3.63, 3.8) is 0 Å². The highest BCUT2D eigenvalue weighted by molar-refractivity contribution is 7.99. The zero-order valence-corrected chi connectivity index (χ0v) is 10.7. The number of furan rings is 1. The summed E-state index contributed by atoms with van der Waals surface area (Å²) >= 11 is 2.00. The number of thioether (sulfide) groups is 1. The molecule has 0 spiro atoms. The molecule has 1 aromatic heterocycles. The quantitative estimate of drug-likeness (QED) is 0.724. The first kappa shape index (κ1) is 12.7. The molecule has 0 fully saturated rings. The molecule has 0 aliphatic carbocycles. The number of hydrogen-bond acceptors (Lipinski definition) is 3. The number of rotatable bonds is 7. The highest BCUT2D eigenvalue weighted by atomic mass is 32.2. The van der Waals surface area contributed by atoms with Gasteiger partial charge in [-0.3, -0.25) is 0 Å². The van der Waals surface area contributed by atoms with Gasteiger partial charge in [0.2, 0.25) is 0 Å². The zero-order valence-electron chi connectivity index (χ0n) is 9.88. The van der Waals surface area contributed by atoms with E-state index in [0.717, 1.165) is 12.3 Å². The van der Waals surface area contributed by atoms with Gasteiger partial charge in [-0.1, -0.05) is 6.92 Å². The first-order valence-electron chi connectivity index (χ1n) is 5.58. The first-order valence-corrected chi connectivity index (χ1v) is 6.73. The molecule has 1 aromatic rings. The molecular formula is C12H21NOS. The molecule has 0 aliphatic heterocycles. The molecule has 0 amide bonds. The fourth-order valence-corrected chi connectivity index (χ4v) is 2.17. The molecule has 0 aromatic carbocycles. The maximum atomic E-state index is 5.37. The number of aryl methyl sites for hydroxylation is 1. The molecule has 0 saturated carbocycles. The molecule has 1 N–H and O–H groups in total. The molecule has 0 saturated heterocycles. The van der Waals surface area contributed by atoms with E-state index in [0.29, 0.717) is 6.04 Å². The van der Waals surface area contributed by atoms with Crippen LogP contribution in [0.4, 0.5) is 0 Å². The highest BCUT2D eigenvalue weighted by Crippen LogP contribution is 2.09. The lowest BCUT2D eigenvalue weighted by molar-refractivity contribution is 0.449. The molecule has 86 valence electrons. The summed E-state index contributed by atoms with van der Waals surface area (Å²) in [6, 6.07) is 2.57. The Kier molecular flexibility index (Phi) is 5.88. The van der Waals surface area contributed by atoms with Crippen LogP contribution in [0.5, 0.6) is 0 Å².